The lowest BCUT2D eigenvalue weighted by Gasteiger charge is -2.26. The van der Waals surface area contributed by atoms with E-state index in [9.17, 15) is 9.46 Å². The van der Waals surface area contributed by atoms with E-state index in [4.69, 9.17) is 4.52 Å². The lowest BCUT2D eigenvalue weighted by Crippen LogP contribution is -2.24. The van der Waals surface area contributed by atoms with Crippen LogP contribution in [-0.2, 0) is 9.09 Å². The van der Waals surface area contributed by atoms with Crippen LogP contribution in [-0.4, -0.2) is 29.3 Å². The molecule has 0 aromatic rings. The van der Waals surface area contributed by atoms with Gasteiger partial charge >= 0.3 is 7.75 Å². The van der Waals surface area contributed by atoms with Crippen LogP contribution in [0.3, 0.4) is 0 Å². The van der Waals surface area contributed by atoms with E-state index in [0.717, 1.165) is 25.7 Å². The largest absolute Gasteiger partial charge is 0.405 e. The first-order valence-electron chi connectivity index (χ1n) is 30.8. The predicted octanol–water partition coefficient (Wildman–Crippen LogP) is 22.5. The van der Waals surface area contributed by atoms with E-state index in [-0.39, 0.29) is 0 Å². The van der Waals surface area contributed by atoms with Crippen LogP contribution in [0.5, 0.6) is 0 Å². The molecule has 0 fully saturated rings. The van der Waals surface area contributed by atoms with Crippen molar-refractivity contribution in [1.29, 1.82) is 0 Å². The normalized spacial score (nSPS) is 12.8. The molecule has 4 nitrogen and oxygen atoms in total. The zero-order chi connectivity index (χ0) is 47.1. The molecule has 0 radical (unpaired) electrons. The van der Waals surface area contributed by atoms with Crippen LogP contribution in [0.4, 0.5) is 0 Å². The second kappa shape index (κ2) is 56.7. The molecule has 0 aliphatic carbocycles. The molecule has 5 heteroatoms. The van der Waals surface area contributed by atoms with E-state index in [1.54, 1.807) is 4.67 Å². The third-order valence-electron chi connectivity index (χ3n) is 14.7. The van der Waals surface area contributed by atoms with Crippen LogP contribution in [0.2, 0.25) is 0 Å². The van der Waals surface area contributed by atoms with E-state index >= 15 is 0 Å². The molecule has 0 spiro atoms. The summed E-state index contributed by atoms with van der Waals surface area (Å²) in [7, 11) is -3.67. The molecule has 1 atom stereocenters. The minimum atomic E-state index is -3.67. The Kier molecular flexibility index (Phi) is 56.8. The van der Waals surface area contributed by atoms with Crippen molar-refractivity contribution in [2.75, 3.05) is 19.7 Å². The van der Waals surface area contributed by atoms with Crippen LogP contribution in [0.15, 0.2) is 0 Å². The molecular formula is C60H124NO3P. The van der Waals surface area contributed by atoms with Crippen LogP contribution in [0.25, 0.3) is 0 Å². The van der Waals surface area contributed by atoms with Crippen molar-refractivity contribution in [2.24, 2.45) is 0 Å². The monoisotopic (exact) mass is 938 g/mol. The lowest BCUT2D eigenvalue weighted by molar-refractivity contribution is 0.206. The lowest BCUT2D eigenvalue weighted by atomic mass is 10.0. The van der Waals surface area contributed by atoms with E-state index < -0.39 is 7.75 Å². The third kappa shape index (κ3) is 53.3. The van der Waals surface area contributed by atoms with Crippen LogP contribution < -0.4 is 0 Å². The molecule has 1 N–H and O–H groups in total. The standard InChI is InChI=1S/C60H124NO3P/c1-4-7-9-11-13-15-17-19-21-23-25-27-29-31-33-35-37-39-41-43-45-47-49-51-53-55-57-59-61(65(62,63)64-6-3)60-58-56-54-52-50-48-46-44-42-40-38-36-34-32-30-28-26-24-22-20-18-16-14-12-10-8-5-2/h4-60H2,1-3H3,(H,62,63). The Morgan fingerprint density at radius 1 is 0.262 bits per heavy atom. The fraction of sp³-hybridized carbons (Fsp3) is 1.00. The summed E-state index contributed by atoms with van der Waals surface area (Å²) in [6, 6.07) is 0. The van der Waals surface area contributed by atoms with Crippen molar-refractivity contribution in [2.45, 2.75) is 367 Å². The molecule has 0 saturated heterocycles. The molecule has 65 heavy (non-hydrogen) atoms. The molecule has 0 aromatic heterocycles. The molecule has 0 bridgehead atoms. The van der Waals surface area contributed by atoms with Gasteiger partial charge in [0.2, 0.25) is 0 Å². The van der Waals surface area contributed by atoms with Gasteiger partial charge in [-0.1, -0.05) is 348 Å². The quantitative estimate of drug-likeness (QED) is 0.0488. The summed E-state index contributed by atoms with van der Waals surface area (Å²) in [4.78, 5) is 10.6. The van der Waals surface area contributed by atoms with Gasteiger partial charge in [0.25, 0.3) is 0 Å². The van der Waals surface area contributed by atoms with Gasteiger partial charge in [0.1, 0.15) is 0 Å². The van der Waals surface area contributed by atoms with Gasteiger partial charge in [-0.05, 0) is 19.8 Å². The second-order valence-electron chi connectivity index (χ2n) is 21.2. The Morgan fingerprint density at radius 2 is 0.400 bits per heavy atom. The summed E-state index contributed by atoms with van der Waals surface area (Å²) in [6.45, 7) is 8.10. The highest BCUT2D eigenvalue weighted by atomic mass is 31.2. The van der Waals surface area contributed by atoms with Crippen molar-refractivity contribution in [3.63, 3.8) is 0 Å². The second-order valence-corrected chi connectivity index (χ2v) is 23.1. The molecule has 0 amide bonds. The molecule has 0 aliphatic rings. The Morgan fingerprint density at radius 3 is 0.538 bits per heavy atom. The summed E-state index contributed by atoms with van der Waals surface area (Å²) < 4.78 is 20.1. The van der Waals surface area contributed by atoms with E-state index in [2.05, 4.69) is 13.8 Å². The number of unbranched alkanes of at least 4 members (excludes halogenated alkanes) is 52. The van der Waals surface area contributed by atoms with Crippen LogP contribution in [0.1, 0.15) is 367 Å². The molecule has 392 valence electrons. The first kappa shape index (κ1) is 65.1. The maximum absolute atomic E-state index is 12.9. The number of nitrogens with zero attached hydrogens (tertiary/aromatic N) is 1. The maximum atomic E-state index is 12.9. The SMILES string of the molecule is CCCCCCCCCCCCCCCCCCCCCCCCCCCCCN(CCCCCCCCCCCCCCCCCCCCCCCCCCCCC)P(=O)(O)OCC. The first-order chi connectivity index (χ1) is 32.1. The van der Waals surface area contributed by atoms with Gasteiger partial charge < -0.3 is 4.89 Å². The Labute approximate surface area is 411 Å². The Balaban J connectivity index is 3.52. The summed E-state index contributed by atoms with van der Waals surface area (Å²) in [6.07, 6.45) is 75.7. The van der Waals surface area contributed by atoms with Crippen molar-refractivity contribution in [1.82, 2.24) is 4.67 Å². The fourth-order valence-electron chi connectivity index (χ4n) is 10.2. The number of hydrogen-bond donors (Lipinski definition) is 1. The van der Waals surface area contributed by atoms with Gasteiger partial charge in [-0.15, -0.1) is 0 Å². The van der Waals surface area contributed by atoms with E-state index in [1.165, 1.54) is 321 Å². The summed E-state index contributed by atoms with van der Waals surface area (Å²) >= 11 is 0. The number of rotatable bonds is 59. The Hall–Kier alpha value is 0.110. The van der Waals surface area contributed by atoms with Gasteiger partial charge in [-0.3, -0.25) is 4.52 Å². The van der Waals surface area contributed by atoms with E-state index in [0.29, 0.717) is 19.7 Å². The minimum Gasteiger partial charge on any atom is -0.312 e. The average molecular weight is 939 g/mol. The van der Waals surface area contributed by atoms with Gasteiger partial charge in [0, 0.05) is 13.1 Å². The molecule has 0 aromatic carbocycles. The molecule has 0 rings (SSSR count). The van der Waals surface area contributed by atoms with Crippen molar-refractivity contribution < 1.29 is 14.0 Å². The van der Waals surface area contributed by atoms with Crippen molar-refractivity contribution in [3.8, 4) is 0 Å². The molecule has 1 unspecified atom stereocenters. The van der Waals surface area contributed by atoms with Gasteiger partial charge in [-0.2, -0.15) is 0 Å². The summed E-state index contributed by atoms with van der Waals surface area (Å²) in [5.41, 5.74) is 0. The molecule has 0 heterocycles. The van der Waals surface area contributed by atoms with Gasteiger partial charge in [0.15, 0.2) is 0 Å². The Bertz CT molecular complexity index is 842. The zero-order valence-electron chi connectivity index (χ0n) is 45.5. The molecular weight excluding hydrogens is 814 g/mol. The van der Waals surface area contributed by atoms with E-state index in [1.807, 2.05) is 6.92 Å². The predicted molar refractivity (Wildman–Crippen MR) is 294 cm³/mol. The summed E-state index contributed by atoms with van der Waals surface area (Å²) in [5.74, 6) is 0. The molecule has 0 aliphatic heterocycles. The smallest absolute Gasteiger partial charge is 0.312 e. The highest BCUT2D eigenvalue weighted by Crippen LogP contribution is 2.46. The number of hydrogen-bond acceptors (Lipinski definition) is 2. The molecule has 0 saturated carbocycles. The highest BCUT2D eigenvalue weighted by molar-refractivity contribution is 7.50. The minimum absolute atomic E-state index is 0.295. The first-order valence-corrected chi connectivity index (χ1v) is 32.3. The zero-order valence-corrected chi connectivity index (χ0v) is 46.4. The topological polar surface area (TPSA) is 49.8 Å². The highest BCUT2D eigenvalue weighted by Gasteiger charge is 2.28. The summed E-state index contributed by atoms with van der Waals surface area (Å²) in [5, 5.41) is 0. The van der Waals surface area contributed by atoms with Gasteiger partial charge in [-0.25, -0.2) is 9.24 Å². The average Bonchev–Trinajstić information content (AvgIpc) is 3.30. The fourth-order valence-corrected chi connectivity index (χ4v) is 11.5. The van der Waals surface area contributed by atoms with Crippen molar-refractivity contribution in [3.05, 3.63) is 0 Å². The van der Waals surface area contributed by atoms with Crippen LogP contribution in [0, 0.1) is 0 Å². The third-order valence-corrected chi connectivity index (χ3v) is 16.4. The van der Waals surface area contributed by atoms with Crippen LogP contribution >= 0.6 is 7.75 Å². The van der Waals surface area contributed by atoms with Gasteiger partial charge in [0.05, 0.1) is 6.61 Å². The maximum Gasteiger partial charge on any atom is 0.405 e. The van der Waals surface area contributed by atoms with Crippen molar-refractivity contribution >= 4 is 7.75 Å².